The minimum Gasteiger partial charge on any atom is -0.387 e. The van der Waals surface area contributed by atoms with E-state index in [9.17, 15) is 9.90 Å². The first kappa shape index (κ1) is 16.7. The van der Waals surface area contributed by atoms with Crippen LogP contribution in [0.5, 0.6) is 0 Å². The second-order valence-electron chi connectivity index (χ2n) is 5.37. The van der Waals surface area contributed by atoms with E-state index in [1.165, 1.54) is 0 Å². The van der Waals surface area contributed by atoms with E-state index in [-0.39, 0.29) is 11.9 Å². The molecule has 3 N–H and O–H groups in total. The van der Waals surface area contributed by atoms with Crippen LogP contribution in [-0.2, 0) is 4.79 Å². The smallest absolute Gasteiger partial charge is 0.222 e. The van der Waals surface area contributed by atoms with Crippen LogP contribution >= 0.6 is 0 Å². The normalized spacial score (nSPS) is 13.8. The van der Waals surface area contributed by atoms with E-state index in [1.54, 1.807) is 4.90 Å². The molecule has 0 bridgehead atoms. The third-order valence-electron chi connectivity index (χ3n) is 3.40. The zero-order valence-corrected chi connectivity index (χ0v) is 12.7. The van der Waals surface area contributed by atoms with E-state index in [2.05, 4.69) is 0 Å². The Bertz CT molecular complexity index is 415. The van der Waals surface area contributed by atoms with Gasteiger partial charge in [-0.3, -0.25) is 4.79 Å². The molecule has 1 aromatic carbocycles. The summed E-state index contributed by atoms with van der Waals surface area (Å²) in [6.45, 7) is 6.75. The van der Waals surface area contributed by atoms with Crippen molar-refractivity contribution in [3.8, 4) is 0 Å². The lowest BCUT2D eigenvalue weighted by molar-refractivity contribution is -0.132. The Balaban J connectivity index is 2.58. The van der Waals surface area contributed by atoms with E-state index in [1.807, 2.05) is 45.0 Å². The molecule has 20 heavy (non-hydrogen) atoms. The standard InChI is InChI=1S/C16H26N2O2/c1-4-18(16(20)10-7-13(3)17)11-15(19)14-8-5-12(2)6-9-14/h5-6,8-9,13,15,19H,4,7,10-11,17H2,1-3H3. The molecule has 0 aliphatic rings. The number of aryl methyl sites for hydroxylation is 1. The summed E-state index contributed by atoms with van der Waals surface area (Å²) in [5.74, 6) is 0.0518. The van der Waals surface area contributed by atoms with E-state index < -0.39 is 6.10 Å². The second-order valence-corrected chi connectivity index (χ2v) is 5.37. The molecule has 112 valence electrons. The van der Waals surface area contributed by atoms with Crippen molar-refractivity contribution in [2.24, 2.45) is 5.73 Å². The molecule has 2 unspecified atom stereocenters. The summed E-state index contributed by atoms with van der Waals surface area (Å²) in [4.78, 5) is 13.7. The molecule has 1 aromatic rings. The highest BCUT2D eigenvalue weighted by atomic mass is 16.3. The Hall–Kier alpha value is -1.39. The molecule has 4 nitrogen and oxygen atoms in total. The summed E-state index contributed by atoms with van der Waals surface area (Å²) < 4.78 is 0. The van der Waals surface area contributed by atoms with Crippen molar-refractivity contribution in [1.29, 1.82) is 0 Å². The fourth-order valence-corrected chi connectivity index (χ4v) is 2.02. The van der Waals surface area contributed by atoms with Crippen LogP contribution in [0.1, 0.15) is 43.9 Å². The summed E-state index contributed by atoms with van der Waals surface area (Å²) in [6, 6.07) is 7.76. The molecule has 0 aromatic heterocycles. The molecule has 0 spiro atoms. The van der Waals surface area contributed by atoms with Crippen molar-refractivity contribution < 1.29 is 9.90 Å². The van der Waals surface area contributed by atoms with Crippen LogP contribution in [0.4, 0.5) is 0 Å². The molecular weight excluding hydrogens is 252 g/mol. The topological polar surface area (TPSA) is 66.6 Å². The number of aliphatic hydroxyl groups excluding tert-OH is 1. The third-order valence-corrected chi connectivity index (χ3v) is 3.40. The minimum atomic E-state index is -0.644. The molecular formula is C16H26N2O2. The number of aliphatic hydroxyl groups is 1. The Kier molecular flexibility index (Phi) is 6.68. The number of nitrogens with two attached hydrogens (primary N) is 1. The van der Waals surface area contributed by atoms with Gasteiger partial charge in [-0.05, 0) is 32.8 Å². The Labute approximate surface area is 121 Å². The Morgan fingerprint density at radius 2 is 1.95 bits per heavy atom. The fraction of sp³-hybridized carbons (Fsp3) is 0.562. The quantitative estimate of drug-likeness (QED) is 0.801. The first-order chi connectivity index (χ1) is 9.43. The Morgan fingerprint density at radius 3 is 2.45 bits per heavy atom. The number of nitrogens with zero attached hydrogens (tertiary/aromatic N) is 1. The largest absolute Gasteiger partial charge is 0.387 e. The second kappa shape index (κ2) is 8.02. The van der Waals surface area contributed by atoms with Crippen LogP contribution in [0.15, 0.2) is 24.3 Å². The highest BCUT2D eigenvalue weighted by molar-refractivity contribution is 5.76. The number of rotatable bonds is 7. The average molecular weight is 278 g/mol. The van der Waals surface area contributed by atoms with Gasteiger partial charge in [-0.25, -0.2) is 0 Å². The van der Waals surface area contributed by atoms with Gasteiger partial charge in [0.05, 0.1) is 12.6 Å². The number of amides is 1. The van der Waals surface area contributed by atoms with Gasteiger partial charge in [0.1, 0.15) is 0 Å². The molecule has 0 heterocycles. The molecule has 0 fully saturated rings. The zero-order chi connectivity index (χ0) is 15.1. The SMILES string of the molecule is CCN(CC(O)c1ccc(C)cc1)C(=O)CCC(C)N. The summed E-state index contributed by atoms with van der Waals surface area (Å²) in [6.07, 6.45) is 0.469. The third kappa shape index (κ3) is 5.31. The van der Waals surface area contributed by atoms with Gasteiger partial charge in [-0.1, -0.05) is 29.8 Å². The van der Waals surface area contributed by atoms with Gasteiger partial charge in [-0.15, -0.1) is 0 Å². The van der Waals surface area contributed by atoms with Crippen LogP contribution in [0, 0.1) is 6.92 Å². The van der Waals surface area contributed by atoms with Gasteiger partial charge in [-0.2, -0.15) is 0 Å². The molecule has 0 saturated carbocycles. The van der Waals surface area contributed by atoms with E-state index in [0.29, 0.717) is 25.9 Å². The monoisotopic (exact) mass is 278 g/mol. The maximum absolute atomic E-state index is 12.1. The first-order valence-electron chi connectivity index (χ1n) is 7.22. The molecule has 0 radical (unpaired) electrons. The van der Waals surface area contributed by atoms with E-state index >= 15 is 0 Å². The van der Waals surface area contributed by atoms with E-state index in [4.69, 9.17) is 5.73 Å². The molecule has 4 heteroatoms. The van der Waals surface area contributed by atoms with Crippen LogP contribution < -0.4 is 5.73 Å². The molecule has 1 rings (SSSR count). The lowest BCUT2D eigenvalue weighted by Gasteiger charge is -2.24. The summed E-state index contributed by atoms with van der Waals surface area (Å²) in [5, 5.41) is 10.2. The maximum atomic E-state index is 12.1. The highest BCUT2D eigenvalue weighted by Crippen LogP contribution is 2.15. The summed E-state index contributed by atoms with van der Waals surface area (Å²) >= 11 is 0. The van der Waals surface area contributed by atoms with Crippen molar-refractivity contribution >= 4 is 5.91 Å². The fourth-order valence-electron chi connectivity index (χ4n) is 2.02. The molecule has 0 aliphatic carbocycles. The first-order valence-corrected chi connectivity index (χ1v) is 7.22. The number of carbonyl (C=O) groups excluding carboxylic acids is 1. The van der Waals surface area contributed by atoms with Crippen LogP contribution in [0.25, 0.3) is 0 Å². The van der Waals surface area contributed by atoms with Crippen molar-refractivity contribution in [3.63, 3.8) is 0 Å². The van der Waals surface area contributed by atoms with Crippen molar-refractivity contribution in [2.75, 3.05) is 13.1 Å². The molecule has 1 amide bonds. The summed E-state index contributed by atoms with van der Waals surface area (Å²) in [5.41, 5.74) is 7.66. The van der Waals surface area contributed by atoms with Gasteiger partial charge in [0, 0.05) is 19.0 Å². The predicted octanol–water partition coefficient (Wildman–Crippen LogP) is 2.00. The lowest BCUT2D eigenvalue weighted by Crippen LogP contribution is -2.35. The number of hydrogen-bond donors (Lipinski definition) is 2. The molecule has 0 saturated heterocycles. The van der Waals surface area contributed by atoms with Crippen LogP contribution in [0.3, 0.4) is 0 Å². The molecule has 0 aliphatic heterocycles. The number of hydrogen-bond acceptors (Lipinski definition) is 3. The number of likely N-dealkylation sites (N-methyl/N-ethyl adjacent to an activating group) is 1. The number of carbonyl (C=O) groups is 1. The van der Waals surface area contributed by atoms with Crippen molar-refractivity contribution in [3.05, 3.63) is 35.4 Å². The van der Waals surface area contributed by atoms with Crippen LogP contribution in [-0.4, -0.2) is 35.0 Å². The van der Waals surface area contributed by atoms with Crippen molar-refractivity contribution in [2.45, 2.75) is 45.8 Å². The Morgan fingerprint density at radius 1 is 1.35 bits per heavy atom. The lowest BCUT2D eigenvalue weighted by atomic mass is 10.1. The van der Waals surface area contributed by atoms with E-state index in [0.717, 1.165) is 11.1 Å². The molecule has 2 atom stereocenters. The average Bonchev–Trinajstić information content (AvgIpc) is 2.42. The van der Waals surface area contributed by atoms with Gasteiger partial charge in [0.25, 0.3) is 0 Å². The predicted molar refractivity (Wildman–Crippen MR) is 81.3 cm³/mol. The zero-order valence-electron chi connectivity index (χ0n) is 12.7. The van der Waals surface area contributed by atoms with Gasteiger partial charge < -0.3 is 15.7 Å². The van der Waals surface area contributed by atoms with Crippen LogP contribution in [0.2, 0.25) is 0 Å². The van der Waals surface area contributed by atoms with Crippen molar-refractivity contribution in [1.82, 2.24) is 4.90 Å². The van der Waals surface area contributed by atoms with Gasteiger partial charge >= 0.3 is 0 Å². The summed E-state index contributed by atoms with van der Waals surface area (Å²) in [7, 11) is 0. The van der Waals surface area contributed by atoms with Gasteiger partial charge in [0.2, 0.25) is 5.91 Å². The van der Waals surface area contributed by atoms with Gasteiger partial charge in [0.15, 0.2) is 0 Å². The highest BCUT2D eigenvalue weighted by Gasteiger charge is 2.17. The number of benzene rings is 1. The maximum Gasteiger partial charge on any atom is 0.222 e. The minimum absolute atomic E-state index is 0.0275.